The zero-order valence-corrected chi connectivity index (χ0v) is 9.18. The van der Waals surface area contributed by atoms with E-state index in [1.54, 1.807) is 0 Å². The van der Waals surface area contributed by atoms with Crippen molar-refractivity contribution in [2.45, 2.75) is 44.5 Å². The average molecular weight is 202 g/mol. The molecule has 0 amide bonds. The molecule has 2 nitrogen and oxygen atoms in total. The van der Waals surface area contributed by atoms with Gasteiger partial charge in [0.2, 0.25) is 0 Å². The van der Waals surface area contributed by atoms with Gasteiger partial charge < -0.3 is 0 Å². The van der Waals surface area contributed by atoms with Crippen molar-refractivity contribution in [2.75, 3.05) is 0 Å². The van der Waals surface area contributed by atoms with Gasteiger partial charge in [0, 0.05) is 5.92 Å². The SMILES string of the molecule is C=S1(=O)OC2CC3CC2C1C3.CC. The molecule has 3 heteroatoms. The van der Waals surface area contributed by atoms with Gasteiger partial charge in [0.1, 0.15) is 0 Å². The van der Waals surface area contributed by atoms with Gasteiger partial charge in [0.25, 0.3) is 0 Å². The largest absolute Gasteiger partial charge is 0.294 e. The van der Waals surface area contributed by atoms with Crippen LogP contribution in [0.5, 0.6) is 0 Å². The first-order chi connectivity index (χ1) is 6.17. The Bertz CT molecular complexity index is 292. The molecule has 3 aliphatic rings. The van der Waals surface area contributed by atoms with E-state index in [-0.39, 0.29) is 0 Å². The summed E-state index contributed by atoms with van der Waals surface area (Å²) in [6, 6.07) is 0. The third kappa shape index (κ3) is 1.24. The molecule has 2 saturated carbocycles. The summed E-state index contributed by atoms with van der Waals surface area (Å²) in [5.41, 5.74) is 0. The predicted octanol–water partition coefficient (Wildman–Crippen LogP) is 1.84. The summed E-state index contributed by atoms with van der Waals surface area (Å²) in [7, 11) is -2.13. The van der Waals surface area contributed by atoms with E-state index in [1.165, 1.54) is 6.42 Å². The van der Waals surface area contributed by atoms with Gasteiger partial charge >= 0.3 is 0 Å². The molecule has 76 valence electrons. The second-order valence-corrected chi connectivity index (χ2v) is 6.20. The van der Waals surface area contributed by atoms with Crippen molar-refractivity contribution in [1.82, 2.24) is 0 Å². The second kappa shape index (κ2) is 2.99. The van der Waals surface area contributed by atoms with Gasteiger partial charge in [-0.3, -0.25) is 4.18 Å². The molecule has 5 unspecified atom stereocenters. The minimum atomic E-state index is -2.13. The monoisotopic (exact) mass is 202 g/mol. The molecule has 0 aromatic rings. The lowest BCUT2D eigenvalue weighted by molar-refractivity contribution is 0.202. The Morgan fingerprint density at radius 2 is 2.00 bits per heavy atom. The fourth-order valence-electron chi connectivity index (χ4n) is 3.03. The standard InChI is InChI=1S/C8H12O2S.C2H6/c1-11(9)8-4-5-2-6(8)7(3-5)10-11;1-2/h5-8H,1-4H2;1-2H3. The smallest absolute Gasteiger partial charge is 0.0806 e. The van der Waals surface area contributed by atoms with E-state index in [4.69, 9.17) is 4.18 Å². The maximum Gasteiger partial charge on any atom is 0.0806 e. The molecule has 0 spiro atoms. The summed E-state index contributed by atoms with van der Waals surface area (Å²) >= 11 is 0. The number of hydrogen-bond acceptors (Lipinski definition) is 2. The van der Waals surface area contributed by atoms with Crippen LogP contribution < -0.4 is 0 Å². The molecule has 13 heavy (non-hydrogen) atoms. The van der Waals surface area contributed by atoms with Crippen LogP contribution >= 0.6 is 0 Å². The Balaban J connectivity index is 0.000000308. The zero-order valence-electron chi connectivity index (χ0n) is 8.36. The summed E-state index contributed by atoms with van der Waals surface area (Å²) in [6.07, 6.45) is 3.82. The number of fused-ring (bicyclic) bond motifs is 1. The summed E-state index contributed by atoms with van der Waals surface area (Å²) in [5, 5.41) is 0.311. The highest BCUT2D eigenvalue weighted by Crippen LogP contribution is 2.54. The second-order valence-electron chi connectivity index (χ2n) is 4.07. The molecule has 1 saturated heterocycles. The predicted molar refractivity (Wildman–Crippen MR) is 56.1 cm³/mol. The summed E-state index contributed by atoms with van der Waals surface area (Å²) in [6.45, 7) is 4.00. The lowest BCUT2D eigenvalue weighted by Crippen LogP contribution is -2.21. The molecule has 2 bridgehead atoms. The third-order valence-corrected chi connectivity index (χ3v) is 5.48. The molecule has 3 fully saturated rings. The van der Waals surface area contributed by atoms with Crippen molar-refractivity contribution in [3.05, 3.63) is 0 Å². The summed E-state index contributed by atoms with van der Waals surface area (Å²) in [4.78, 5) is 0. The quantitative estimate of drug-likeness (QED) is 0.560. The number of hydrogen-bond donors (Lipinski definition) is 0. The minimum absolute atomic E-state index is 0.309. The molecule has 0 aromatic carbocycles. The Morgan fingerprint density at radius 1 is 1.31 bits per heavy atom. The van der Waals surface area contributed by atoms with Gasteiger partial charge in [-0.15, -0.1) is 0 Å². The average Bonchev–Trinajstić information content (AvgIpc) is 2.67. The normalized spacial score (nSPS) is 56.2. The van der Waals surface area contributed by atoms with Crippen LogP contribution in [0.15, 0.2) is 0 Å². The van der Waals surface area contributed by atoms with E-state index >= 15 is 0 Å². The highest BCUT2D eigenvalue weighted by molar-refractivity contribution is 7.96. The molecular weight excluding hydrogens is 184 g/mol. The molecule has 5 atom stereocenters. The molecule has 1 aliphatic heterocycles. The zero-order chi connectivity index (χ0) is 9.64. The maximum atomic E-state index is 11.7. The third-order valence-electron chi connectivity index (χ3n) is 3.44. The van der Waals surface area contributed by atoms with E-state index in [1.807, 2.05) is 13.8 Å². The molecule has 0 aromatic heterocycles. The Hall–Kier alpha value is -0.0200. The van der Waals surface area contributed by atoms with Crippen molar-refractivity contribution in [1.29, 1.82) is 0 Å². The van der Waals surface area contributed by atoms with E-state index in [9.17, 15) is 4.21 Å². The van der Waals surface area contributed by atoms with Crippen LogP contribution in [0.3, 0.4) is 0 Å². The van der Waals surface area contributed by atoms with Gasteiger partial charge in [0.05, 0.1) is 21.2 Å². The van der Waals surface area contributed by atoms with Gasteiger partial charge in [-0.25, -0.2) is 4.21 Å². The van der Waals surface area contributed by atoms with Crippen LogP contribution in [0.1, 0.15) is 33.1 Å². The lowest BCUT2D eigenvalue weighted by atomic mass is 9.98. The van der Waals surface area contributed by atoms with Crippen molar-refractivity contribution >= 4 is 15.7 Å². The molecular formula is C10H18O2S. The molecule has 0 N–H and O–H groups in total. The fraction of sp³-hybridized carbons (Fsp3) is 0.900. The van der Waals surface area contributed by atoms with E-state index in [0.29, 0.717) is 17.3 Å². The van der Waals surface area contributed by atoms with Gasteiger partial charge in [0.15, 0.2) is 0 Å². The topological polar surface area (TPSA) is 26.3 Å². The van der Waals surface area contributed by atoms with Crippen LogP contribution in [0, 0.1) is 11.8 Å². The first kappa shape index (κ1) is 9.53. The van der Waals surface area contributed by atoms with Crippen molar-refractivity contribution < 1.29 is 8.39 Å². The molecule has 3 rings (SSSR count). The van der Waals surface area contributed by atoms with Crippen LogP contribution in [-0.4, -0.2) is 21.4 Å². The van der Waals surface area contributed by atoms with Crippen molar-refractivity contribution in [3.63, 3.8) is 0 Å². The first-order valence-corrected chi connectivity index (χ1v) is 6.92. The lowest BCUT2D eigenvalue weighted by Gasteiger charge is -2.12. The minimum Gasteiger partial charge on any atom is -0.294 e. The van der Waals surface area contributed by atoms with Gasteiger partial charge in [-0.05, 0) is 31.1 Å². The Labute approximate surface area is 80.9 Å². The summed E-state index contributed by atoms with van der Waals surface area (Å²) < 4.78 is 17.1. The molecule has 0 radical (unpaired) electrons. The highest BCUT2D eigenvalue weighted by atomic mass is 32.2. The van der Waals surface area contributed by atoms with E-state index in [2.05, 4.69) is 5.87 Å². The van der Waals surface area contributed by atoms with Crippen LogP contribution in [0.25, 0.3) is 0 Å². The fourth-order valence-corrected chi connectivity index (χ4v) is 5.19. The van der Waals surface area contributed by atoms with Crippen molar-refractivity contribution in [2.24, 2.45) is 11.8 Å². The first-order valence-electron chi connectivity index (χ1n) is 5.21. The molecule has 2 aliphatic carbocycles. The Kier molecular flexibility index (Phi) is 2.19. The molecule has 1 heterocycles. The Morgan fingerprint density at radius 3 is 2.46 bits per heavy atom. The van der Waals surface area contributed by atoms with Crippen LogP contribution in [0.4, 0.5) is 0 Å². The highest BCUT2D eigenvalue weighted by Gasteiger charge is 2.56. The maximum absolute atomic E-state index is 11.7. The van der Waals surface area contributed by atoms with Gasteiger partial charge in [-0.1, -0.05) is 13.8 Å². The van der Waals surface area contributed by atoms with Crippen LogP contribution in [-0.2, 0) is 14.0 Å². The van der Waals surface area contributed by atoms with E-state index < -0.39 is 9.80 Å². The van der Waals surface area contributed by atoms with Crippen LogP contribution in [0.2, 0.25) is 0 Å². The van der Waals surface area contributed by atoms with E-state index in [0.717, 1.165) is 18.8 Å². The number of rotatable bonds is 0. The van der Waals surface area contributed by atoms with Gasteiger partial charge in [-0.2, -0.15) is 0 Å². The summed E-state index contributed by atoms with van der Waals surface area (Å²) in [5.74, 6) is 5.10. The van der Waals surface area contributed by atoms with Crippen molar-refractivity contribution in [3.8, 4) is 0 Å².